The number of furan rings is 1. The van der Waals surface area contributed by atoms with E-state index in [0.717, 1.165) is 55.0 Å². The zero-order valence-corrected chi connectivity index (χ0v) is 19.4. The molecule has 8 aromatic rings. The fraction of sp³-hybridized carbons (Fsp3) is 0.0312. The van der Waals surface area contributed by atoms with Crippen molar-refractivity contribution in [3.63, 3.8) is 0 Å². The van der Waals surface area contributed by atoms with Gasteiger partial charge in [-0.25, -0.2) is 0 Å². The monoisotopic (exact) mass is 465 g/mol. The van der Waals surface area contributed by atoms with E-state index in [9.17, 15) is 4.79 Å². The summed E-state index contributed by atoms with van der Waals surface area (Å²) in [4.78, 5) is 13.2. The third-order valence-electron chi connectivity index (χ3n) is 7.25. The number of nitrogens with zero attached hydrogens (tertiary/aromatic N) is 1. The molecule has 8 rings (SSSR count). The molecular weight excluding hydrogens is 446 g/mol. The van der Waals surface area contributed by atoms with Crippen LogP contribution in [-0.2, 0) is 0 Å². The van der Waals surface area contributed by atoms with Crippen molar-refractivity contribution in [2.24, 2.45) is 0 Å². The molecule has 3 aromatic heterocycles. The van der Waals surface area contributed by atoms with Crippen LogP contribution in [0, 0.1) is 6.92 Å². The number of benzene rings is 5. The molecular formula is C32H19NO3. The van der Waals surface area contributed by atoms with Crippen molar-refractivity contribution in [2.75, 3.05) is 0 Å². The second-order valence-corrected chi connectivity index (χ2v) is 9.40. The Morgan fingerprint density at radius 3 is 2.28 bits per heavy atom. The van der Waals surface area contributed by atoms with E-state index in [1.807, 2.05) is 67.6 Å². The first-order valence-electron chi connectivity index (χ1n) is 12.0. The van der Waals surface area contributed by atoms with Crippen molar-refractivity contribution < 1.29 is 8.83 Å². The first kappa shape index (κ1) is 19.5. The van der Waals surface area contributed by atoms with E-state index in [1.165, 1.54) is 0 Å². The van der Waals surface area contributed by atoms with Gasteiger partial charge in [0, 0.05) is 27.9 Å². The number of para-hydroxylation sites is 2. The van der Waals surface area contributed by atoms with Gasteiger partial charge in [-0.15, -0.1) is 0 Å². The number of aryl methyl sites for hydroxylation is 1. The highest BCUT2D eigenvalue weighted by Crippen LogP contribution is 2.40. The molecule has 170 valence electrons. The molecule has 0 N–H and O–H groups in total. The average molecular weight is 466 g/mol. The van der Waals surface area contributed by atoms with E-state index in [2.05, 4.69) is 41.0 Å². The normalized spacial score (nSPS) is 12.1. The third kappa shape index (κ3) is 2.50. The second-order valence-electron chi connectivity index (χ2n) is 9.40. The van der Waals surface area contributed by atoms with Crippen LogP contribution in [0.4, 0.5) is 0 Å². The molecule has 0 aliphatic heterocycles. The molecule has 4 heteroatoms. The molecule has 36 heavy (non-hydrogen) atoms. The molecule has 0 fully saturated rings. The Labute approximate surface area is 204 Å². The Balaban J connectivity index is 1.49. The van der Waals surface area contributed by atoms with Crippen molar-refractivity contribution in [2.45, 2.75) is 6.92 Å². The maximum absolute atomic E-state index is 13.2. The summed E-state index contributed by atoms with van der Waals surface area (Å²) in [5.74, 6) is 0. The maximum atomic E-state index is 13.2. The van der Waals surface area contributed by atoms with Crippen LogP contribution in [0.25, 0.3) is 71.4 Å². The summed E-state index contributed by atoms with van der Waals surface area (Å²) in [6.45, 7) is 1.98. The van der Waals surface area contributed by atoms with Crippen LogP contribution in [0.15, 0.2) is 111 Å². The van der Waals surface area contributed by atoms with Gasteiger partial charge < -0.3 is 13.4 Å². The zero-order valence-electron chi connectivity index (χ0n) is 19.4. The van der Waals surface area contributed by atoms with Crippen molar-refractivity contribution in [1.82, 2.24) is 4.57 Å². The summed E-state index contributed by atoms with van der Waals surface area (Å²) in [5.41, 5.74) is 7.01. The van der Waals surface area contributed by atoms with Gasteiger partial charge in [0.2, 0.25) is 5.43 Å². The summed E-state index contributed by atoms with van der Waals surface area (Å²) < 4.78 is 14.8. The highest BCUT2D eigenvalue weighted by Gasteiger charge is 2.19. The van der Waals surface area contributed by atoms with Gasteiger partial charge in [0.25, 0.3) is 0 Å². The van der Waals surface area contributed by atoms with E-state index < -0.39 is 0 Å². The van der Waals surface area contributed by atoms with Crippen LogP contribution >= 0.6 is 0 Å². The van der Waals surface area contributed by atoms with E-state index in [0.29, 0.717) is 21.9 Å². The lowest BCUT2D eigenvalue weighted by Gasteiger charge is -2.09. The number of aromatic nitrogens is 1. The minimum absolute atomic E-state index is 0.00675. The molecule has 0 bridgehead atoms. The topological polar surface area (TPSA) is 48.3 Å². The van der Waals surface area contributed by atoms with Crippen LogP contribution in [0.1, 0.15) is 5.56 Å². The zero-order chi connectivity index (χ0) is 24.0. The smallest absolute Gasteiger partial charge is 0.200 e. The number of hydrogen-bond acceptors (Lipinski definition) is 3. The van der Waals surface area contributed by atoms with Gasteiger partial charge in [0.15, 0.2) is 0 Å². The molecule has 0 spiro atoms. The number of hydrogen-bond donors (Lipinski definition) is 0. The van der Waals surface area contributed by atoms with E-state index in [-0.39, 0.29) is 5.43 Å². The Morgan fingerprint density at radius 2 is 1.36 bits per heavy atom. The molecule has 4 nitrogen and oxygen atoms in total. The molecule has 0 amide bonds. The van der Waals surface area contributed by atoms with Crippen LogP contribution in [0.3, 0.4) is 0 Å². The predicted octanol–water partition coefficient (Wildman–Crippen LogP) is 8.25. The van der Waals surface area contributed by atoms with Crippen LogP contribution in [0.5, 0.6) is 0 Å². The fourth-order valence-corrected chi connectivity index (χ4v) is 5.61. The van der Waals surface area contributed by atoms with E-state index in [1.54, 1.807) is 0 Å². The minimum atomic E-state index is -0.00675. The third-order valence-corrected chi connectivity index (χ3v) is 7.25. The summed E-state index contributed by atoms with van der Waals surface area (Å²) >= 11 is 0. The van der Waals surface area contributed by atoms with Crippen molar-refractivity contribution in [3.05, 3.63) is 113 Å². The first-order chi connectivity index (χ1) is 17.7. The molecule has 5 aromatic carbocycles. The quantitative estimate of drug-likeness (QED) is 0.229. The van der Waals surface area contributed by atoms with Crippen molar-refractivity contribution >= 4 is 65.7 Å². The van der Waals surface area contributed by atoms with E-state index in [4.69, 9.17) is 8.83 Å². The maximum Gasteiger partial charge on any atom is 0.200 e. The average Bonchev–Trinajstić information content (AvgIpc) is 3.45. The SMILES string of the molecule is Cc1ccc2oc3cc(-n4c5ccccc5c5c6oc7ccccc7c6ccc54)ccc3c(=O)c2c1. The van der Waals surface area contributed by atoms with Crippen molar-refractivity contribution in [1.29, 1.82) is 0 Å². The highest BCUT2D eigenvalue weighted by molar-refractivity contribution is 6.23. The van der Waals surface area contributed by atoms with Crippen molar-refractivity contribution in [3.8, 4) is 5.69 Å². The minimum Gasteiger partial charge on any atom is -0.456 e. The van der Waals surface area contributed by atoms with Gasteiger partial charge >= 0.3 is 0 Å². The highest BCUT2D eigenvalue weighted by atomic mass is 16.3. The number of rotatable bonds is 1. The fourth-order valence-electron chi connectivity index (χ4n) is 5.61. The van der Waals surface area contributed by atoms with Gasteiger partial charge in [-0.2, -0.15) is 0 Å². The molecule has 0 saturated heterocycles. The van der Waals surface area contributed by atoms with Gasteiger partial charge in [-0.3, -0.25) is 4.79 Å². The predicted molar refractivity (Wildman–Crippen MR) is 146 cm³/mol. The number of fused-ring (bicyclic) bond motifs is 9. The second kappa shape index (κ2) is 6.86. The van der Waals surface area contributed by atoms with Crippen LogP contribution in [0.2, 0.25) is 0 Å². The lowest BCUT2D eigenvalue weighted by atomic mass is 10.1. The van der Waals surface area contributed by atoms with Gasteiger partial charge in [0.1, 0.15) is 22.3 Å². The van der Waals surface area contributed by atoms with E-state index >= 15 is 0 Å². The Morgan fingerprint density at radius 1 is 0.583 bits per heavy atom. The Bertz CT molecular complexity index is 2240. The molecule has 0 aliphatic rings. The summed E-state index contributed by atoms with van der Waals surface area (Å²) in [6, 6.07) is 32.4. The Kier molecular flexibility index (Phi) is 3.71. The standard InChI is InChI=1S/C32H19NO3/c1-18-10-15-28-24(16-18)31(34)23-12-11-19(17-29(23)35-28)33-25-8-4-2-7-22(25)30-26(33)14-13-21-20-6-3-5-9-27(20)36-32(21)30/h2-17H,1H3. The molecule has 0 aliphatic carbocycles. The van der Waals surface area contributed by atoms with Crippen LogP contribution < -0.4 is 5.43 Å². The Hall–Kier alpha value is -4.83. The molecule has 0 radical (unpaired) electrons. The molecule has 0 saturated carbocycles. The van der Waals surface area contributed by atoms with Gasteiger partial charge in [-0.05, 0) is 55.5 Å². The molecule has 3 heterocycles. The molecule has 0 unspecified atom stereocenters. The van der Waals surface area contributed by atoms with Crippen LogP contribution in [-0.4, -0.2) is 4.57 Å². The summed E-state index contributed by atoms with van der Waals surface area (Å²) in [6.07, 6.45) is 0. The largest absolute Gasteiger partial charge is 0.456 e. The lowest BCUT2D eigenvalue weighted by molar-refractivity contribution is 0.659. The molecule has 0 atom stereocenters. The lowest BCUT2D eigenvalue weighted by Crippen LogP contribution is -2.03. The first-order valence-corrected chi connectivity index (χ1v) is 12.0. The van der Waals surface area contributed by atoms with Gasteiger partial charge in [-0.1, -0.05) is 48.0 Å². The van der Waals surface area contributed by atoms with Gasteiger partial charge in [0.05, 0.1) is 27.2 Å². The summed E-state index contributed by atoms with van der Waals surface area (Å²) in [5, 5.41) is 5.60. The summed E-state index contributed by atoms with van der Waals surface area (Å²) in [7, 11) is 0.